The normalized spacial score (nSPS) is 16.8. The zero-order valence-electron chi connectivity index (χ0n) is 17.2. The van der Waals surface area contributed by atoms with E-state index in [1.165, 1.54) is 4.90 Å². The highest BCUT2D eigenvalue weighted by Gasteiger charge is 2.35. The second kappa shape index (κ2) is 8.58. The molecule has 2 aromatic carbocycles. The van der Waals surface area contributed by atoms with E-state index < -0.39 is 21.0 Å². The molecule has 9 heteroatoms. The van der Waals surface area contributed by atoms with Gasteiger partial charge in [-0.1, -0.05) is 30.3 Å². The molecule has 31 heavy (non-hydrogen) atoms. The lowest BCUT2D eigenvalue weighted by Gasteiger charge is -2.36. The maximum atomic E-state index is 13.0. The molecular formula is C22H24N2O6S. The van der Waals surface area contributed by atoms with Crippen LogP contribution in [0.1, 0.15) is 15.9 Å². The molecule has 2 amide bonds. The highest BCUT2D eigenvalue weighted by molar-refractivity contribution is 7.92. The Labute approximate surface area is 181 Å². The van der Waals surface area contributed by atoms with Crippen LogP contribution in [0.25, 0.3) is 0 Å². The fourth-order valence-electron chi connectivity index (χ4n) is 3.80. The van der Waals surface area contributed by atoms with Gasteiger partial charge in [0.25, 0.3) is 5.91 Å². The van der Waals surface area contributed by atoms with Gasteiger partial charge in [-0.15, -0.1) is 0 Å². The molecule has 164 valence electrons. The van der Waals surface area contributed by atoms with Gasteiger partial charge in [-0.2, -0.15) is 0 Å². The molecule has 0 saturated carbocycles. The molecule has 1 unspecified atom stereocenters. The van der Waals surface area contributed by atoms with Crippen molar-refractivity contribution in [2.24, 2.45) is 0 Å². The molecule has 0 spiro atoms. The summed E-state index contributed by atoms with van der Waals surface area (Å²) >= 11 is 0. The first kappa shape index (κ1) is 21.2. The van der Waals surface area contributed by atoms with E-state index in [2.05, 4.69) is 0 Å². The van der Waals surface area contributed by atoms with E-state index in [1.807, 2.05) is 30.3 Å². The Morgan fingerprint density at radius 1 is 0.935 bits per heavy atom. The zero-order chi connectivity index (χ0) is 22.0. The first-order valence-corrected chi connectivity index (χ1v) is 12.0. The molecular weight excluding hydrogens is 420 g/mol. The van der Waals surface area contributed by atoms with E-state index in [0.29, 0.717) is 30.2 Å². The topological polar surface area (TPSA) is 93.2 Å². The Morgan fingerprint density at radius 3 is 2.26 bits per heavy atom. The van der Waals surface area contributed by atoms with Gasteiger partial charge in [-0.25, -0.2) is 8.42 Å². The highest BCUT2D eigenvalue weighted by Crippen LogP contribution is 2.32. The number of hydrogen-bond acceptors (Lipinski definition) is 6. The minimum absolute atomic E-state index is 0.134. The van der Waals surface area contributed by atoms with Crippen LogP contribution < -0.4 is 9.47 Å². The van der Waals surface area contributed by atoms with Crippen molar-refractivity contribution in [3.63, 3.8) is 0 Å². The number of rotatable bonds is 5. The monoisotopic (exact) mass is 444 g/mol. The number of benzene rings is 2. The van der Waals surface area contributed by atoms with Crippen molar-refractivity contribution in [2.75, 3.05) is 39.2 Å². The number of hydrogen-bond donors (Lipinski definition) is 0. The van der Waals surface area contributed by atoms with Crippen LogP contribution in [0.15, 0.2) is 48.5 Å². The predicted molar refractivity (Wildman–Crippen MR) is 114 cm³/mol. The van der Waals surface area contributed by atoms with Crippen LogP contribution in [0.2, 0.25) is 0 Å². The van der Waals surface area contributed by atoms with Crippen molar-refractivity contribution in [2.45, 2.75) is 11.7 Å². The van der Waals surface area contributed by atoms with E-state index in [4.69, 9.17) is 9.47 Å². The number of sulfone groups is 1. The van der Waals surface area contributed by atoms with Crippen LogP contribution in [-0.4, -0.2) is 74.5 Å². The van der Waals surface area contributed by atoms with Gasteiger partial charge in [0, 0.05) is 38.0 Å². The summed E-state index contributed by atoms with van der Waals surface area (Å²) < 4.78 is 35.3. The number of fused-ring (bicyclic) bond motifs is 1. The Morgan fingerprint density at radius 2 is 1.58 bits per heavy atom. The van der Waals surface area contributed by atoms with Crippen LogP contribution in [0, 0.1) is 0 Å². The van der Waals surface area contributed by atoms with Gasteiger partial charge in [-0.3, -0.25) is 9.59 Å². The second-order valence-electron chi connectivity index (χ2n) is 7.69. The van der Waals surface area contributed by atoms with Gasteiger partial charge < -0.3 is 19.3 Å². The molecule has 1 fully saturated rings. The van der Waals surface area contributed by atoms with Gasteiger partial charge in [-0.05, 0) is 30.2 Å². The molecule has 0 aromatic heterocycles. The van der Waals surface area contributed by atoms with Crippen LogP contribution in [0.3, 0.4) is 0 Å². The minimum atomic E-state index is -3.59. The van der Waals surface area contributed by atoms with Gasteiger partial charge in [0.2, 0.25) is 12.7 Å². The molecule has 2 aliphatic heterocycles. The summed E-state index contributed by atoms with van der Waals surface area (Å²) in [5.74, 6) is 0.574. The highest BCUT2D eigenvalue weighted by atomic mass is 32.2. The first-order valence-electron chi connectivity index (χ1n) is 10.0. The Hall–Kier alpha value is -3.07. The molecule has 0 N–H and O–H groups in total. The summed E-state index contributed by atoms with van der Waals surface area (Å²) in [4.78, 5) is 29.1. The van der Waals surface area contributed by atoms with Crippen LogP contribution in [0.5, 0.6) is 11.5 Å². The maximum Gasteiger partial charge on any atom is 0.254 e. The van der Waals surface area contributed by atoms with E-state index >= 15 is 0 Å². The van der Waals surface area contributed by atoms with Crippen molar-refractivity contribution in [3.05, 3.63) is 59.7 Å². The van der Waals surface area contributed by atoms with Crippen LogP contribution in [-0.2, 0) is 21.1 Å². The molecule has 0 bridgehead atoms. The molecule has 0 aliphatic carbocycles. The lowest BCUT2D eigenvalue weighted by Crippen LogP contribution is -2.54. The Kier molecular flexibility index (Phi) is 5.86. The number of carbonyl (C=O) groups is 2. The molecule has 0 radical (unpaired) electrons. The maximum absolute atomic E-state index is 13.0. The lowest BCUT2D eigenvalue weighted by atomic mass is 10.1. The molecule has 2 heterocycles. The average molecular weight is 445 g/mol. The first-order chi connectivity index (χ1) is 14.8. The standard InChI is InChI=1S/C22H24N2O6S/c1-31(27,28)20(13-16-5-3-2-4-6-16)22(26)24-11-9-23(10-12-24)21(25)17-7-8-18-19(14-17)30-15-29-18/h2-8,14,20H,9-13,15H2,1H3. The summed E-state index contributed by atoms with van der Waals surface area (Å²) in [5.41, 5.74) is 1.28. The number of carbonyl (C=O) groups excluding carboxylic acids is 2. The number of amides is 2. The van der Waals surface area contributed by atoms with E-state index in [0.717, 1.165) is 11.8 Å². The largest absolute Gasteiger partial charge is 0.454 e. The molecule has 8 nitrogen and oxygen atoms in total. The molecule has 1 atom stereocenters. The van der Waals surface area contributed by atoms with Crippen molar-refractivity contribution in [1.29, 1.82) is 0 Å². The third-order valence-corrected chi connectivity index (χ3v) is 6.96. The number of nitrogens with zero attached hydrogens (tertiary/aromatic N) is 2. The van der Waals surface area contributed by atoms with Gasteiger partial charge >= 0.3 is 0 Å². The van der Waals surface area contributed by atoms with E-state index in [9.17, 15) is 18.0 Å². The summed E-state index contributed by atoms with van der Waals surface area (Å²) in [5, 5.41) is -1.13. The molecule has 2 aliphatic rings. The van der Waals surface area contributed by atoms with Gasteiger partial charge in [0.15, 0.2) is 21.3 Å². The fourth-order valence-corrected chi connectivity index (χ4v) is 4.81. The van der Waals surface area contributed by atoms with Crippen molar-refractivity contribution in [1.82, 2.24) is 9.80 Å². The lowest BCUT2D eigenvalue weighted by molar-refractivity contribution is -0.132. The number of piperazine rings is 1. The van der Waals surface area contributed by atoms with E-state index in [-0.39, 0.29) is 32.2 Å². The smallest absolute Gasteiger partial charge is 0.254 e. The summed E-state index contributed by atoms with van der Waals surface area (Å²) in [6.45, 7) is 1.38. The molecule has 2 aromatic rings. The summed E-state index contributed by atoms with van der Waals surface area (Å²) in [7, 11) is -3.59. The van der Waals surface area contributed by atoms with Crippen LogP contribution in [0.4, 0.5) is 0 Å². The van der Waals surface area contributed by atoms with Crippen molar-refractivity contribution < 1.29 is 27.5 Å². The second-order valence-corrected chi connectivity index (χ2v) is 9.92. The zero-order valence-corrected chi connectivity index (χ0v) is 18.0. The number of ether oxygens (including phenoxy) is 2. The summed E-state index contributed by atoms with van der Waals surface area (Å²) in [6, 6.07) is 14.2. The minimum Gasteiger partial charge on any atom is -0.454 e. The summed E-state index contributed by atoms with van der Waals surface area (Å²) in [6.07, 6.45) is 1.23. The molecule has 4 rings (SSSR count). The van der Waals surface area contributed by atoms with Gasteiger partial charge in [0.1, 0.15) is 5.25 Å². The fraction of sp³-hybridized carbons (Fsp3) is 0.364. The van der Waals surface area contributed by atoms with Crippen LogP contribution >= 0.6 is 0 Å². The third kappa shape index (κ3) is 4.66. The molecule has 1 saturated heterocycles. The third-order valence-electron chi connectivity index (χ3n) is 5.55. The SMILES string of the molecule is CS(=O)(=O)C(Cc1ccccc1)C(=O)N1CCN(C(=O)c2ccc3c(c2)OCO3)CC1. The van der Waals surface area contributed by atoms with Gasteiger partial charge in [0.05, 0.1) is 0 Å². The van der Waals surface area contributed by atoms with E-state index in [1.54, 1.807) is 23.1 Å². The Balaban J connectivity index is 1.41. The predicted octanol–water partition coefficient (Wildman–Crippen LogP) is 1.36. The quantitative estimate of drug-likeness (QED) is 0.691. The Bertz CT molecular complexity index is 1080. The average Bonchev–Trinajstić information content (AvgIpc) is 3.24. The van der Waals surface area contributed by atoms with Crippen molar-refractivity contribution in [3.8, 4) is 11.5 Å². The van der Waals surface area contributed by atoms with Crippen molar-refractivity contribution >= 4 is 21.7 Å².